The molecule has 1 saturated carbocycles. The van der Waals surface area contributed by atoms with Crippen LogP contribution < -0.4 is 10.2 Å². The van der Waals surface area contributed by atoms with Crippen LogP contribution in [0.1, 0.15) is 37.9 Å². The SMILES string of the molecule is CCc1cc(CNC2CC2)cc(N2CCSCC2C)n1. The highest BCUT2D eigenvalue weighted by Gasteiger charge is 2.22. The number of nitrogens with zero attached hydrogens (tertiary/aromatic N) is 2. The number of hydrogen-bond donors (Lipinski definition) is 1. The minimum absolute atomic E-state index is 0.595. The van der Waals surface area contributed by atoms with Gasteiger partial charge in [0, 0.05) is 42.4 Å². The fourth-order valence-electron chi connectivity index (χ4n) is 2.68. The van der Waals surface area contributed by atoms with Crippen molar-refractivity contribution < 1.29 is 0 Å². The number of nitrogens with one attached hydrogen (secondary N) is 1. The molecule has 1 N–H and O–H groups in total. The lowest BCUT2D eigenvalue weighted by atomic mass is 10.1. The van der Waals surface area contributed by atoms with E-state index in [4.69, 9.17) is 4.98 Å². The lowest BCUT2D eigenvalue weighted by Gasteiger charge is -2.34. The number of aromatic nitrogens is 1. The van der Waals surface area contributed by atoms with Crippen molar-refractivity contribution in [3.05, 3.63) is 23.4 Å². The van der Waals surface area contributed by atoms with Crippen molar-refractivity contribution in [3.63, 3.8) is 0 Å². The Hall–Kier alpha value is -0.740. The predicted octanol–water partition coefficient (Wildman–Crippen LogP) is 2.84. The number of hydrogen-bond acceptors (Lipinski definition) is 4. The quantitative estimate of drug-likeness (QED) is 0.903. The van der Waals surface area contributed by atoms with Crippen LogP contribution in [-0.2, 0) is 13.0 Å². The Morgan fingerprint density at radius 1 is 1.40 bits per heavy atom. The molecule has 110 valence electrons. The van der Waals surface area contributed by atoms with Gasteiger partial charge in [-0.2, -0.15) is 11.8 Å². The highest BCUT2D eigenvalue weighted by molar-refractivity contribution is 7.99. The fourth-order valence-corrected chi connectivity index (χ4v) is 3.69. The molecule has 1 unspecified atom stereocenters. The van der Waals surface area contributed by atoms with Gasteiger partial charge in [0.05, 0.1) is 0 Å². The monoisotopic (exact) mass is 291 g/mol. The first-order chi connectivity index (χ1) is 9.76. The smallest absolute Gasteiger partial charge is 0.129 e. The summed E-state index contributed by atoms with van der Waals surface area (Å²) in [7, 11) is 0. The second-order valence-corrected chi connectivity index (χ2v) is 7.10. The average molecular weight is 291 g/mol. The molecule has 1 aromatic rings. The van der Waals surface area contributed by atoms with Gasteiger partial charge in [-0.3, -0.25) is 0 Å². The van der Waals surface area contributed by atoms with Crippen LogP contribution in [0, 0.1) is 0 Å². The lowest BCUT2D eigenvalue weighted by molar-refractivity contribution is 0.673. The van der Waals surface area contributed by atoms with Crippen LogP contribution in [0.3, 0.4) is 0 Å². The first-order valence-corrected chi connectivity index (χ1v) is 8.99. The summed E-state index contributed by atoms with van der Waals surface area (Å²) in [5.74, 6) is 3.62. The summed E-state index contributed by atoms with van der Waals surface area (Å²) in [6, 6.07) is 5.92. The highest BCUT2D eigenvalue weighted by atomic mass is 32.2. The average Bonchev–Trinajstić information content (AvgIpc) is 3.29. The van der Waals surface area contributed by atoms with Gasteiger partial charge in [-0.1, -0.05) is 6.92 Å². The maximum absolute atomic E-state index is 4.86. The summed E-state index contributed by atoms with van der Waals surface area (Å²) in [5.41, 5.74) is 2.62. The van der Waals surface area contributed by atoms with E-state index in [0.29, 0.717) is 6.04 Å². The normalized spacial score (nSPS) is 23.1. The van der Waals surface area contributed by atoms with E-state index in [1.807, 2.05) is 0 Å². The number of anilines is 1. The molecule has 2 fully saturated rings. The van der Waals surface area contributed by atoms with Gasteiger partial charge in [-0.25, -0.2) is 4.98 Å². The fraction of sp³-hybridized carbons (Fsp3) is 0.688. The van der Waals surface area contributed by atoms with Crippen LogP contribution in [0.2, 0.25) is 0 Å². The summed E-state index contributed by atoms with van der Waals surface area (Å²) in [4.78, 5) is 7.34. The molecule has 2 aliphatic rings. The molecule has 1 saturated heterocycles. The Kier molecular flexibility index (Phi) is 4.51. The molecule has 0 aromatic carbocycles. The predicted molar refractivity (Wildman–Crippen MR) is 87.6 cm³/mol. The van der Waals surface area contributed by atoms with Crippen molar-refractivity contribution in [2.24, 2.45) is 0 Å². The van der Waals surface area contributed by atoms with Gasteiger partial charge in [-0.15, -0.1) is 0 Å². The van der Waals surface area contributed by atoms with E-state index in [2.05, 4.69) is 48.0 Å². The molecular weight excluding hydrogens is 266 g/mol. The van der Waals surface area contributed by atoms with Crippen LogP contribution in [0.5, 0.6) is 0 Å². The van der Waals surface area contributed by atoms with Gasteiger partial charge in [0.2, 0.25) is 0 Å². The Labute approximate surface area is 126 Å². The highest BCUT2D eigenvalue weighted by Crippen LogP contribution is 2.25. The van der Waals surface area contributed by atoms with Gasteiger partial charge in [0.25, 0.3) is 0 Å². The largest absolute Gasteiger partial charge is 0.352 e. The molecular formula is C16H25N3S. The zero-order valence-corrected chi connectivity index (χ0v) is 13.4. The molecule has 0 amide bonds. The molecule has 3 nitrogen and oxygen atoms in total. The van der Waals surface area contributed by atoms with Crippen LogP contribution in [0.25, 0.3) is 0 Å². The summed E-state index contributed by atoms with van der Waals surface area (Å²) < 4.78 is 0. The molecule has 0 spiro atoms. The summed E-state index contributed by atoms with van der Waals surface area (Å²) in [6.45, 7) is 6.62. The third-order valence-electron chi connectivity index (χ3n) is 4.12. The van der Waals surface area contributed by atoms with Crippen LogP contribution >= 0.6 is 11.8 Å². The maximum atomic E-state index is 4.86. The zero-order valence-electron chi connectivity index (χ0n) is 12.6. The summed E-state index contributed by atoms with van der Waals surface area (Å²) in [6.07, 6.45) is 3.71. The van der Waals surface area contributed by atoms with Gasteiger partial charge in [0.1, 0.15) is 5.82 Å². The van der Waals surface area contributed by atoms with Crippen molar-refractivity contribution >= 4 is 17.6 Å². The third kappa shape index (κ3) is 3.47. The molecule has 1 aromatic heterocycles. The lowest BCUT2D eigenvalue weighted by Crippen LogP contribution is -2.41. The second kappa shape index (κ2) is 6.35. The summed E-state index contributed by atoms with van der Waals surface area (Å²) in [5, 5.41) is 3.62. The summed E-state index contributed by atoms with van der Waals surface area (Å²) >= 11 is 2.06. The van der Waals surface area contributed by atoms with Gasteiger partial charge in [-0.05, 0) is 43.9 Å². The van der Waals surface area contributed by atoms with Crippen molar-refractivity contribution in [3.8, 4) is 0 Å². The maximum Gasteiger partial charge on any atom is 0.129 e. The first-order valence-electron chi connectivity index (χ1n) is 7.84. The molecule has 3 rings (SSSR count). The number of aryl methyl sites for hydroxylation is 1. The van der Waals surface area contributed by atoms with E-state index in [1.165, 1.54) is 41.4 Å². The van der Waals surface area contributed by atoms with Crippen molar-refractivity contribution in [2.45, 2.75) is 51.7 Å². The van der Waals surface area contributed by atoms with Crippen molar-refractivity contribution in [1.82, 2.24) is 10.3 Å². The van der Waals surface area contributed by atoms with E-state index in [9.17, 15) is 0 Å². The van der Waals surface area contributed by atoms with E-state index in [1.54, 1.807) is 0 Å². The van der Waals surface area contributed by atoms with Gasteiger partial charge < -0.3 is 10.2 Å². The zero-order chi connectivity index (χ0) is 13.9. The minimum Gasteiger partial charge on any atom is -0.352 e. The van der Waals surface area contributed by atoms with Crippen molar-refractivity contribution in [2.75, 3.05) is 23.0 Å². The van der Waals surface area contributed by atoms with Gasteiger partial charge in [0.15, 0.2) is 0 Å². The Balaban J connectivity index is 1.78. The van der Waals surface area contributed by atoms with E-state index in [-0.39, 0.29) is 0 Å². The second-order valence-electron chi connectivity index (χ2n) is 5.95. The molecule has 1 atom stereocenters. The first kappa shape index (κ1) is 14.2. The minimum atomic E-state index is 0.595. The molecule has 1 aliphatic carbocycles. The standard InChI is InChI=1S/C16H25N3S/c1-3-14-8-13(10-17-15-4-5-15)9-16(18-14)19-6-7-20-11-12(19)2/h8-9,12,15,17H,3-7,10-11H2,1-2H3. The van der Waals surface area contributed by atoms with E-state index < -0.39 is 0 Å². The molecule has 1 aliphatic heterocycles. The van der Waals surface area contributed by atoms with E-state index >= 15 is 0 Å². The number of pyridine rings is 1. The number of rotatable bonds is 5. The molecule has 0 radical (unpaired) electrons. The molecule has 2 heterocycles. The van der Waals surface area contributed by atoms with Crippen molar-refractivity contribution in [1.29, 1.82) is 0 Å². The van der Waals surface area contributed by atoms with Crippen LogP contribution in [0.4, 0.5) is 5.82 Å². The van der Waals surface area contributed by atoms with Crippen LogP contribution in [0.15, 0.2) is 12.1 Å². The molecule has 0 bridgehead atoms. The Bertz CT molecular complexity index is 459. The third-order valence-corrected chi connectivity index (χ3v) is 5.31. The Morgan fingerprint density at radius 2 is 2.25 bits per heavy atom. The van der Waals surface area contributed by atoms with Gasteiger partial charge >= 0.3 is 0 Å². The van der Waals surface area contributed by atoms with E-state index in [0.717, 1.165) is 25.6 Å². The molecule has 4 heteroatoms. The van der Waals surface area contributed by atoms with Crippen LogP contribution in [-0.4, -0.2) is 35.1 Å². The number of thioether (sulfide) groups is 1. The molecule has 20 heavy (non-hydrogen) atoms. The Morgan fingerprint density at radius 3 is 2.95 bits per heavy atom. The topological polar surface area (TPSA) is 28.2 Å².